The summed E-state index contributed by atoms with van der Waals surface area (Å²) in [5.41, 5.74) is 1.55. The van der Waals surface area contributed by atoms with Gasteiger partial charge >= 0.3 is 5.63 Å². The molecule has 138 valence electrons. The van der Waals surface area contributed by atoms with Crippen molar-refractivity contribution in [1.82, 2.24) is 0 Å². The maximum atomic E-state index is 12.8. The van der Waals surface area contributed by atoms with Crippen LogP contribution in [0.15, 0.2) is 51.7 Å². The lowest BCUT2D eigenvalue weighted by Crippen LogP contribution is -2.27. The van der Waals surface area contributed by atoms with Crippen LogP contribution in [0.1, 0.15) is 19.4 Å². The van der Waals surface area contributed by atoms with Gasteiger partial charge in [0, 0.05) is 17.0 Å². The predicted octanol–water partition coefficient (Wildman–Crippen LogP) is 4.66. The SMILES string of the molecule is COc1ccc(-c2cc3ccc4c(c3oc2=O)C=CC(C)(C)O4)c(OC)c1. The lowest BCUT2D eigenvalue weighted by Gasteiger charge is -2.27. The molecule has 0 atom stereocenters. The number of methoxy groups -OCH3 is 2. The van der Waals surface area contributed by atoms with E-state index in [1.165, 1.54) is 0 Å². The first-order valence-corrected chi connectivity index (χ1v) is 8.63. The minimum atomic E-state index is -0.433. The molecule has 0 N–H and O–H groups in total. The fourth-order valence-corrected chi connectivity index (χ4v) is 3.24. The molecule has 0 amide bonds. The van der Waals surface area contributed by atoms with Gasteiger partial charge < -0.3 is 18.6 Å². The van der Waals surface area contributed by atoms with Crippen molar-refractivity contribution < 1.29 is 18.6 Å². The van der Waals surface area contributed by atoms with Gasteiger partial charge in [0.2, 0.25) is 0 Å². The zero-order chi connectivity index (χ0) is 19.2. The van der Waals surface area contributed by atoms with Crippen LogP contribution < -0.4 is 19.8 Å². The second kappa shape index (κ2) is 6.20. The van der Waals surface area contributed by atoms with Crippen LogP contribution in [0.25, 0.3) is 28.2 Å². The topological polar surface area (TPSA) is 57.9 Å². The van der Waals surface area contributed by atoms with Gasteiger partial charge in [-0.25, -0.2) is 4.79 Å². The smallest absolute Gasteiger partial charge is 0.344 e. The number of ether oxygens (including phenoxy) is 3. The summed E-state index contributed by atoms with van der Waals surface area (Å²) in [5.74, 6) is 1.90. The second-order valence-corrected chi connectivity index (χ2v) is 6.95. The van der Waals surface area contributed by atoms with Gasteiger partial charge in [0.25, 0.3) is 0 Å². The summed E-state index contributed by atoms with van der Waals surface area (Å²) in [6.45, 7) is 3.96. The van der Waals surface area contributed by atoms with Crippen molar-refractivity contribution in [2.45, 2.75) is 19.4 Å². The first-order valence-electron chi connectivity index (χ1n) is 8.63. The van der Waals surface area contributed by atoms with E-state index >= 15 is 0 Å². The highest BCUT2D eigenvalue weighted by molar-refractivity contribution is 5.91. The Morgan fingerprint density at radius 3 is 2.52 bits per heavy atom. The van der Waals surface area contributed by atoms with Crippen LogP contribution in [0.5, 0.6) is 17.2 Å². The lowest BCUT2D eigenvalue weighted by atomic mass is 9.99. The number of hydrogen-bond acceptors (Lipinski definition) is 5. The summed E-state index contributed by atoms with van der Waals surface area (Å²) in [6, 6.07) is 10.9. The number of hydrogen-bond donors (Lipinski definition) is 0. The summed E-state index contributed by atoms with van der Waals surface area (Å²) in [7, 11) is 3.14. The predicted molar refractivity (Wildman–Crippen MR) is 105 cm³/mol. The Balaban J connectivity index is 1.91. The third-order valence-corrected chi connectivity index (χ3v) is 4.62. The molecular weight excluding hydrogens is 344 g/mol. The summed E-state index contributed by atoms with van der Waals surface area (Å²) in [5, 5.41) is 0.814. The van der Waals surface area contributed by atoms with Crippen molar-refractivity contribution in [3.05, 3.63) is 58.5 Å². The molecule has 1 aliphatic rings. The fourth-order valence-electron chi connectivity index (χ4n) is 3.24. The van der Waals surface area contributed by atoms with E-state index in [1.807, 2.05) is 44.2 Å². The fraction of sp³-hybridized carbons (Fsp3) is 0.227. The molecule has 5 nitrogen and oxygen atoms in total. The maximum Gasteiger partial charge on any atom is 0.344 e. The van der Waals surface area contributed by atoms with Crippen molar-refractivity contribution in [3.8, 4) is 28.4 Å². The van der Waals surface area contributed by atoms with Crippen LogP contribution in [0.3, 0.4) is 0 Å². The van der Waals surface area contributed by atoms with Crippen LogP contribution in [-0.2, 0) is 0 Å². The second-order valence-electron chi connectivity index (χ2n) is 6.95. The zero-order valence-electron chi connectivity index (χ0n) is 15.7. The summed E-state index contributed by atoms with van der Waals surface area (Å²) in [6.07, 6.45) is 3.90. The minimum absolute atomic E-state index is 0.391. The molecule has 4 rings (SSSR count). The van der Waals surface area contributed by atoms with Gasteiger partial charge in [-0.1, -0.05) is 0 Å². The van der Waals surface area contributed by atoms with Crippen LogP contribution in [-0.4, -0.2) is 19.8 Å². The van der Waals surface area contributed by atoms with E-state index in [9.17, 15) is 4.79 Å². The highest BCUT2D eigenvalue weighted by Gasteiger charge is 2.24. The number of benzene rings is 2. The molecule has 0 saturated heterocycles. The van der Waals surface area contributed by atoms with Crippen molar-refractivity contribution in [1.29, 1.82) is 0 Å². The molecule has 0 radical (unpaired) electrons. The quantitative estimate of drug-likeness (QED) is 0.633. The molecule has 0 unspecified atom stereocenters. The molecular formula is C22H20O5. The summed E-state index contributed by atoms with van der Waals surface area (Å²) in [4.78, 5) is 12.8. The van der Waals surface area contributed by atoms with Gasteiger partial charge in [0.05, 0.1) is 25.3 Å². The third kappa shape index (κ3) is 2.95. The molecule has 5 heteroatoms. The van der Waals surface area contributed by atoms with Crippen LogP contribution in [0.2, 0.25) is 0 Å². The van der Waals surface area contributed by atoms with Gasteiger partial charge in [-0.3, -0.25) is 0 Å². The average Bonchev–Trinajstić information content (AvgIpc) is 2.66. The molecule has 0 saturated carbocycles. The molecule has 0 aliphatic carbocycles. The normalized spacial score (nSPS) is 14.5. The first-order chi connectivity index (χ1) is 12.9. The van der Waals surface area contributed by atoms with Crippen molar-refractivity contribution in [2.75, 3.05) is 14.2 Å². The van der Waals surface area contributed by atoms with E-state index in [4.69, 9.17) is 18.6 Å². The van der Waals surface area contributed by atoms with Gasteiger partial charge in [-0.15, -0.1) is 0 Å². The lowest BCUT2D eigenvalue weighted by molar-refractivity contribution is 0.159. The van der Waals surface area contributed by atoms with Crippen LogP contribution in [0.4, 0.5) is 0 Å². The Morgan fingerprint density at radius 1 is 0.963 bits per heavy atom. The van der Waals surface area contributed by atoms with Gasteiger partial charge in [0.15, 0.2) is 0 Å². The van der Waals surface area contributed by atoms with E-state index in [2.05, 4.69) is 0 Å². The highest BCUT2D eigenvalue weighted by Crippen LogP contribution is 2.38. The van der Waals surface area contributed by atoms with Crippen molar-refractivity contribution in [2.24, 2.45) is 0 Å². The van der Waals surface area contributed by atoms with Gasteiger partial charge in [-0.2, -0.15) is 0 Å². The Bertz CT molecular complexity index is 1120. The Morgan fingerprint density at radius 2 is 1.78 bits per heavy atom. The number of fused-ring (bicyclic) bond motifs is 3. The molecule has 0 fully saturated rings. The minimum Gasteiger partial charge on any atom is -0.497 e. The van der Waals surface area contributed by atoms with E-state index in [0.29, 0.717) is 34.0 Å². The monoisotopic (exact) mass is 364 g/mol. The zero-order valence-corrected chi connectivity index (χ0v) is 15.7. The van der Waals surface area contributed by atoms with Gasteiger partial charge in [0.1, 0.15) is 28.4 Å². The molecule has 3 aromatic rings. The number of rotatable bonds is 3. The average molecular weight is 364 g/mol. The van der Waals surface area contributed by atoms with Gasteiger partial charge in [-0.05, 0) is 56.3 Å². The molecule has 0 spiro atoms. The summed E-state index contributed by atoms with van der Waals surface area (Å²) < 4.78 is 22.3. The largest absolute Gasteiger partial charge is 0.497 e. The highest BCUT2D eigenvalue weighted by atomic mass is 16.5. The van der Waals surface area contributed by atoms with Crippen molar-refractivity contribution >= 4 is 17.0 Å². The molecule has 1 aliphatic heterocycles. The van der Waals surface area contributed by atoms with Crippen LogP contribution in [0, 0.1) is 0 Å². The van der Waals surface area contributed by atoms with E-state index in [-0.39, 0.29) is 0 Å². The van der Waals surface area contributed by atoms with Crippen molar-refractivity contribution in [3.63, 3.8) is 0 Å². The maximum absolute atomic E-state index is 12.8. The molecule has 27 heavy (non-hydrogen) atoms. The third-order valence-electron chi connectivity index (χ3n) is 4.62. The van der Waals surface area contributed by atoms with E-state index in [1.54, 1.807) is 32.4 Å². The summed E-state index contributed by atoms with van der Waals surface area (Å²) >= 11 is 0. The van der Waals surface area contributed by atoms with E-state index in [0.717, 1.165) is 10.9 Å². The molecule has 1 aromatic heterocycles. The molecule has 0 bridgehead atoms. The first kappa shape index (κ1) is 17.2. The Labute approximate surface area is 156 Å². The standard InChI is InChI=1S/C22H20O5/c1-22(2)10-9-16-18(27-22)8-5-13-11-17(21(23)26-20(13)16)15-7-6-14(24-3)12-19(15)25-4/h5-12H,1-4H3. The molecule has 2 heterocycles. The molecule has 2 aromatic carbocycles. The van der Waals surface area contributed by atoms with Crippen LogP contribution >= 0.6 is 0 Å². The Kier molecular flexibility index (Phi) is 3.95. The van der Waals surface area contributed by atoms with E-state index < -0.39 is 11.2 Å². The Hall–Kier alpha value is -3.21.